The molecule has 5 heteroatoms. The number of anilines is 1. The van der Waals surface area contributed by atoms with Gasteiger partial charge < -0.3 is 10.1 Å². The highest BCUT2D eigenvalue weighted by Gasteiger charge is 2.30. The van der Waals surface area contributed by atoms with Gasteiger partial charge in [0.05, 0.1) is 13.0 Å². The molecule has 88 valence electrons. The van der Waals surface area contributed by atoms with Crippen LogP contribution in [0.1, 0.15) is 24.1 Å². The zero-order valence-corrected chi connectivity index (χ0v) is 10.3. The van der Waals surface area contributed by atoms with E-state index in [-0.39, 0.29) is 11.9 Å². The number of carbonyl (C=O) groups excluding carboxylic acids is 1. The predicted octanol–water partition coefficient (Wildman–Crippen LogP) is 2.21. The van der Waals surface area contributed by atoms with Crippen molar-refractivity contribution in [1.29, 1.82) is 0 Å². The van der Waals surface area contributed by atoms with E-state index >= 15 is 0 Å². The first-order valence-electron chi connectivity index (χ1n) is 5.46. The van der Waals surface area contributed by atoms with Crippen molar-refractivity contribution < 1.29 is 9.53 Å². The second-order valence-electron chi connectivity index (χ2n) is 4.15. The highest BCUT2D eigenvalue weighted by molar-refractivity contribution is 7.15. The van der Waals surface area contributed by atoms with Gasteiger partial charge in [-0.3, -0.25) is 4.79 Å². The number of hydrogen-bond acceptors (Lipinski definition) is 5. The van der Waals surface area contributed by atoms with Crippen molar-refractivity contribution in [1.82, 2.24) is 4.98 Å². The molecule has 0 aromatic carbocycles. The number of esters is 1. The van der Waals surface area contributed by atoms with Gasteiger partial charge in [-0.05, 0) is 26.2 Å². The smallest absolute Gasteiger partial charge is 0.308 e. The van der Waals surface area contributed by atoms with Crippen LogP contribution >= 0.6 is 11.3 Å². The van der Waals surface area contributed by atoms with E-state index < -0.39 is 0 Å². The lowest BCUT2D eigenvalue weighted by Crippen LogP contribution is -2.18. The van der Waals surface area contributed by atoms with Gasteiger partial charge in [-0.2, -0.15) is 0 Å². The van der Waals surface area contributed by atoms with Gasteiger partial charge in [-0.25, -0.2) is 4.98 Å². The molecule has 16 heavy (non-hydrogen) atoms. The molecule has 2 atom stereocenters. The predicted molar refractivity (Wildman–Crippen MR) is 63.6 cm³/mol. The maximum Gasteiger partial charge on any atom is 0.308 e. The third-order valence-electron chi connectivity index (χ3n) is 2.92. The molecule has 1 N–H and O–H groups in total. The standard InChI is InChI=1S/C11H16N2O2S/c1-7-6-12-11(16-7)13-9-4-3-8(5-9)10(14)15-2/h6,8-9H,3-5H2,1-2H3,(H,12,13)/t8-,9+/m0/s1. The molecule has 1 heterocycles. The molecule has 1 aromatic heterocycles. The average Bonchev–Trinajstić information content (AvgIpc) is 2.87. The quantitative estimate of drug-likeness (QED) is 0.823. The van der Waals surface area contributed by atoms with Crippen LogP contribution in [0.25, 0.3) is 0 Å². The summed E-state index contributed by atoms with van der Waals surface area (Å²) in [7, 11) is 1.45. The van der Waals surface area contributed by atoms with E-state index in [1.807, 2.05) is 13.1 Å². The Balaban J connectivity index is 1.87. The molecular weight excluding hydrogens is 224 g/mol. The summed E-state index contributed by atoms with van der Waals surface area (Å²) in [5.74, 6) is -0.0248. The molecule has 0 saturated heterocycles. The number of rotatable bonds is 3. The number of methoxy groups -OCH3 is 1. The Labute approximate surface area is 99.0 Å². The van der Waals surface area contributed by atoms with Gasteiger partial charge in [0.2, 0.25) is 0 Å². The third kappa shape index (κ3) is 2.52. The fourth-order valence-corrected chi connectivity index (χ4v) is 2.83. The van der Waals surface area contributed by atoms with E-state index in [0.29, 0.717) is 6.04 Å². The topological polar surface area (TPSA) is 51.2 Å². The second kappa shape index (κ2) is 4.82. The number of aromatic nitrogens is 1. The molecular formula is C11H16N2O2S. The van der Waals surface area contributed by atoms with E-state index in [1.165, 1.54) is 12.0 Å². The zero-order valence-electron chi connectivity index (χ0n) is 9.53. The third-order valence-corrected chi connectivity index (χ3v) is 3.76. The van der Waals surface area contributed by atoms with Crippen molar-refractivity contribution in [3.8, 4) is 0 Å². The summed E-state index contributed by atoms with van der Waals surface area (Å²) in [6.45, 7) is 2.04. The van der Waals surface area contributed by atoms with Crippen LogP contribution in [0.4, 0.5) is 5.13 Å². The van der Waals surface area contributed by atoms with Crippen LogP contribution in [-0.4, -0.2) is 24.1 Å². The minimum atomic E-state index is -0.0837. The van der Waals surface area contributed by atoms with Gasteiger partial charge in [-0.15, -0.1) is 11.3 Å². The monoisotopic (exact) mass is 240 g/mol. The first-order chi connectivity index (χ1) is 7.69. The largest absolute Gasteiger partial charge is 0.469 e. The van der Waals surface area contributed by atoms with Gasteiger partial charge in [0.1, 0.15) is 0 Å². The van der Waals surface area contributed by atoms with Crippen molar-refractivity contribution in [2.45, 2.75) is 32.2 Å². The van der Waals surface area contributed by atoms with Crippen LogP contribution in [0.3, 0.4) is 0 Å². The van der Waals surface area contributed by atoms with E-state index in [2.05, 4.69) is 10.3 Å². The van der Waals surface area contributed by atoms with Crippen LogP contribution < -0.4 is 5.32 Å². The van der Waals surface area contributed by atoms with Crippen LogP contribution in [0.5, 0.6) is 0 Å². The zero-order chi connectivity index (χ0) is 11.5. The minimum absolute atomic E-state index is 0.0589. The number of nitrogens with zero attached hydrogens (tertiary/aromatic N) is 1. The Hall–Kier alpha value is -1.10. The van der Waals surface area contributed by atoms with E-state index in [4.69, 9.17) is 4.74 Å². The Morgan fingerprint density at radius 2 is 2.44 bits per heavy atom. The molecule has 1 aliphatic carbocycles. The van der Waals surface area contributed by atoms with Gasteiger partial charge in [-0.1, -0.05) is 0 Å². The maximum atomic E-state index is 11.4. The van der Waals surface area contributed by atoms with Gasteiger partial charge >= 0.3 is 5.97 Å². The fraction of sp³-hybridized carbons (Fsp3) is 0.636. The molecule has 1 aromatic rings. The summed E-state index contributed by atoms with van der Waals surface area (Å²) in [5.41, 5.74) is 0. The number of carbonyl (C=O) groups is 1. The minimum Gasteiger partial charge on any atom is -0.469 e. The molecule has 2 rings (SSSR count). The van der Waals surface area contributed by atoms with Crippen molar-refractivity contribution in [3.05, 3.63) is 11.1 Å². The lowest BCUT2D eigenvalue weighted by Gasteiger charge is -2.11. The van der Waals surface area contributed by atoms with Crippen LogP contribution in [0, 0.1) is 12.8 Å². The fourth-order valence-electron chi connectivity index (χ4n) is 2.09. The van der Waals surface area contributed by atoms with E-state index in [9.17, 15) is 4.79 Å². The lowest BCUT2D eigenvalue weighted by molar-refractivity contribution is -0.145. The molecule has 0 aliphatic heterocycles. The first-order valence-corrected chi connectivity index (χ1v) is 6.27. The highest BCUT2D eigenvalue weighted by Crippen LogP contribution is 2.30. The summed E-state index contributed by atoms with van der Waals surface area (Å²) in [6.07, 6.45) is 4.64. The lowest BCUT2D eigenvalue weighted by atomic mass is 10.1. The van der Waals surface area contributed by atoms with Crippen LogP contribution in [-0.2, 0) is 9.53 Å². The highest BCUT2D eigenvalue weighted by atomic mass is 32.1. The summed E-state index contributed by atoms with van der Waals surface area (Å²) in [6, 6.07) is 0.356. The van der Waals surface area contributed by atoms with E-state index in [0.717, 1.165) is 24.4 Å². The molecule has 0 unspecified atom stereocenters. The van der Waals surface area contributed by atoms with Crippen molar-refractivity contribution in [3.63, 3.8) is 0 Å². The summed E-state index contributed by atoms with van der Waals surface area (Å²) in [4.78, 5) is 16.8. The molecule has 4 nitrogen and oxygen atoms in total. The van der Waals surface area contributed by atoms with Gasteiger partial charge in [0, 0.05) is 17.1 Å². The Morgan fingerprint density at radius 1 is 1.62 bits per heavy atom. The summed E-state index contributed by atoms with van der Waals surface area (Å²) in [5, 5.41) is 4.32. The van der Waals surface area contributed by atoms with Crippen LogP contribution in [0.15, 0.2) is 6.20 Å². The molecule has 0 radical (unpaired) electrons. The number of nitrogens with one attached hydrogen (secondary N) is 1. The number of aryl methyl sites for hydroxylation is 1. The molecule has 1 aliphatic rings. The van der Waals surface area contributed by atoms with Crippen molar-refractivity contribution >= 4 is 22.4 Å². The first kappa shape index (κ1) is 11.4. The van der Waals surface area contributed by atoms with Gasteiger partial charge in [0.25, 0.3) is 0 Å². The van der Waals surface area contributed by atoms with E-state index in [1.54, 1.807) is 11.3 Å². The number of ether oxygens (including phenoxy) is 1. The molecule has 0 spiro atoms. The maximum absolute atomic E-state index is 11.4. The van der Waals surface area contributed by atoms with Crippen molar-refractivity contribution in [2.75, 3.05) is 12.4 Å². The second-order valence-corrected chi connectivity index (χ2v) is 5.39. The average molecular weight is 240 g/mol. The normalized spacial score (nSPS) is 24.4. The summed E-state index contributed by atoms with van der Waals surface area (Å²) >= 11 is 1.65. The SMILES string of the molecule is COC(=O)[C@H]1CC[C@@H](Nc2ncc(C)s2)C1. The Morgan fingerprint density at radius 3 is 3.06 bits per heavy atom. The summed E-state index contributed by atoms with van der Waals surface area (Å²) < 4.78 is 4.76. The Kier molecular flexibility index (Phi) is 3.43. The molecule has 1 fully saturated rings. The molecule has 1 saturated carbocycles. The Bertz CT molecular complexity index is 378. The van der Waals surface area contributed by atoms with Gasteiger partial charge in [0.15, 0.2) is 5.13 Å². The molecule has 0 amide bonds. The molecule has 0 bridgehead atoms. The van der Waals surface area contributed by atoms with Crippen molar-refractivity contribution in [2.24, 2.45) is 5.92 Å². The number of hydrogen-bond donors (Lipinski definition) is 1. The number of thiazole rings is 1. The van der Waals surface area contributed by atoms with Crippen LogP contribution in [0.2, 0.25) is 0 Å².